The molecule has 0 radical (unpaired) electrons. The highest BCUT2D eigenvalue weighted by Crippen LogP contribution is 2.35. The molecular formula is C29H33F2NO. The number of ether oxygens (including phenoxy) is 1. The van der Waals surface area contributed by atoms with Crippen molar-refractivity contribution in [2.45, 2.75) is 70.8 Å². The van der Waals surface area contributed by atoms with Gasteiger partial charge in [0.05, 0.1) is 18.4 Å². The predicted octanol–water partition coefficient (Wildman–Crippen LogP) is 7.96. The van der Waals surface area contributed by atoms with Gasteiger partial charge in [0, 0.05) is 23.2 Å². The third-order valence-corrected chi connectivity index (χ3v) is 6.77. The average molecular weight is 450 g/mol. The van der Waals surface area contributed by atoms with E-state index in [1.165, 1.54) is 30.4 Å². The van der Waals surface area contributed by atoms with Crippen LogP contribution in [0.25, 0.3) is 11.1 Å². The van der Waals surface area contributed by atoms with Gasteiger partial charge in [-0.25, -0.2) is 8.78 Å². The van der Waals surface area contributed by atoms with E-state index in [1.54, 1.807) is 24.4 Å². The third kappa shape index (κ3) is 5.50. The van der Waals surface area contributed by atoms with Gasteiger partial charge in [0.2, 0.25) is 0 Å². The Hall–Kier alpha value is -2.59. The summed E-state index contributed by atoms with van der Waals surface area (Å²) < 4.78 is 34.8. The molecule has 2 aromatic carbocycles. The zero-order valence-corrected chi connectivity index (χ0v) is 19.6. The first-order valence-electron chi connectivity index (χ1n) is 12.2. The number of unbranched alkanes of at least 4 members (excludes halogenated alkanes) is 2. The minimum Gasteiger partial charge on any atom is -0.371 e. The Balaban J connectivity index is 1.36. The summed E-state index contributed by atoms with van der Waals surface area (Å²) in [6.07, 6.45) is 8.89. The van der Waals surface area contributed by atoms with Crippen LogP contribution in [0.4, 0.5) is 8.78 Å². The van der Waals surface area contributed by atoms with E-state index >= 15 is 0 Å². The smallest absolute Gasteiger partial charge is 0.166 e. The Morgan fingerprint density at radius 3 is 2.36 bits per heavy atom. The lowest BCUT2D eigenvalue weighted by Crippen LogP contribution is -2.20. The van der Waals surface area contributed by atoms with Gasteiger partial charge in [0.15, 0.2) is 11.6 Å². The summed E-state index contributed by atoms with van der Waals surface area (Å²) in [6, 6.07) is 16.0. The number of pyridine rings is 1. The molecule has 1 saturated heterocycles. The SMILES string of the molecule is CCCCCc1ccc(C2CCC(c3ccc(-c4ccc(CC)c(F)c4F)cn3)OC2)cc1. The van der Waals surface area contributed by atoms with Gasteiger partial charge >= 0.3 is 0 Å². The number of halogens is 2. The third-order valence-electron chi connectivity index (χ3n) is 6.77. The molecule has 0 aliphatic carbocycles. The van der Waals surface area contributed by atoms with Crippen molar-refractivity contribution in [1.82, 2.24) is 4.98 Å². The van der Waals surface area contributed by atoms with Gasteiger partial charge in [0.25, 0.3) is 0 Å². The minimum atomic E-state index is -0.808. The van der Waals surface area contributed by atoms with Crippen molar-refractivity contribution in [2.24, 2.45) is 0 Å². The predicted molar refractivity (Wildman–Crippen MR) is 129 cm³/mol. The summed E-state index contributed by atoms with van der Waals surface area (Å²) in [7, 11) is 0. The van der Waals surface area contributed by atoms with E-state index in [4.69, 9.17) is 4.74 Å². The molecule has 1 aromatic heterocycles. The first-order chi connectivity index (χ1) is 16.1. The second kappa shape index (κ2) is 11.0. The molecule has 0 bridgehead atoms. The van der Waals surface area contributed by atoms with Crippen LogP contribution in [-0.2, 0) is 17.6 Å². The Bertz CT molecular complexity index is 1040. The number of hydrogen-bond donors (Lipinski definition) is 0. The summed E-state index contributed by atoms with van der Waals surface area (Å²) in [5.74, 6) is -1.17. The van der Waals surface area contributed by atoms with Crippen LogP contribution in [-0.4, -0.2) is 11.6 Å². The molecule has 2 atom stereocenters. The largest absolute Gasteiger partial charge is 0.371 e. The van der Waals surface area contributed by atoms with Gasteiger partial charge in [-0.15, -0.1) is 0 Å². The fourth-order valence-electron chi connectivity index (χ4n) is 4.62. The number of aromatic nitrogens is 1. The van der Waals surface area contributed by atoms with Gasteiger partial charge in [-0.3, -0.25) is 4.98 Å². The van der Waals surface area contributed by atoms with Crippen LogP contribution in [0.2, 0.25) is 0 Å². The van der Waals surface area contributed by atoms with Gasteiger partial charge in [0.1, 0.15) is 0 Å². The normalized spacial score (nSPS) is 18.4. The van der Waals surface area contributed by atoms with Crippen LogP contribution >= 0.6 is 0 Å². The Labute approximate surface area is 196 Å². The van der Waals surface area contributed by atoms with Gasteiger partial charge in [-0.1, -0.05) is 69.2 Å². The Morgan fingerprint density at radius 2 is 1.73 bits per heavy atom. The molecule has 0 saturated carbocycles. The molecular weight excluding hydrogens is 416 g/mol. The van der Waals surface area contributed by atoms with Crippen LogP contribution in [0, 0.1) is 11.6 Å². The van der Waals surface area contributed by atoms with Crippen molar-refractivity contribution < 1.29 is 13.5 Å². The summed E-state index contributed by atoms with van der Waals surface area (Å²) in [4.78, 5) is 4.52. The van der Waals surface area contributed by atoms with Crippen LogP contribution in [0.5, 0.6) is 0 Å². The van der Waals surface area contributed by atoms with Crippen molar-refractivity contribution in [2.75, 3.05) is 6.61 Å². The van der Waals surface area contributed by atoms with E-state index in [9.17, 15) is 8.78 Å². The molecule has 33 heavy (non-hydrogen) atoms. The Morgan fingerprint density at radius 1 is 0.909 bits per heavy atom. The minimum absolute atomic E-state index is 0.0623. The molecule has 3 aromatic rings. The molecule has 174 valence electrons. The molecule has 0 amide bonds. The van der Waals surface area contributed by atoms with E-state index in [2.05, 4.69) is 36.2 Å². The first kappa shape index (κ1) is 23.6. The van der Waals surface area contributed by atoms with Crippen LogP contribution in [0.15, 0.2) is 54.7 Å². The van der Waals surface area contributed by atoms with E-state index in [-0.39, 0.29) is 11.7 Å². The maximum absolute atomic E-state index is 14.5. The lowest BCUT2D eigenvalue weighted by molar-refractivity contribution is -0.0000930. The van der Waals surface area contributed by atoms with Crippen LogP contribution < -0.4 is 0 Å². The zero-order chi connectivity index (χ0) is 23.2. The lowest BCUT2D eigenvalue weighted by Gasteiger charge is -2.29. The number of benzene rings is 2. The highest BCUT2D eigenvalue weighted by Gasteiger charge is 2.25. The van der Waals surface area contributed by atoms with Gasteiger partial charge in [-0.05, 0) is 54.9 Å². The number of nitrogens with zero attached hydrogens (tertiary/aromatic N) is 1. The summed E-state index contributed by atoms with van der Waals surface area (Å²) in [5, 5.41) is 0. The molecule has 1 aliphatic rings. The number of rotatable bonds is 8. The van der Waals surface area contributed by atoms with E-state index in [0.717, 1.165) is 25.0 Å². The highest BCUT2D eigenvalue weighted by atomic mass is 19.2. The first-order valence-corrected chi connectivity index (χ1v) is 12.2. The van der Waals surface area contributed by atoms with Gasteiger partial charge < -0.3 is 4.74 Å². The summed E-state index contributed by atoms with van der Waals surface area (Å²) in [5.41, 5.74) is 4.79. The monoisotopic (exact) mass is 449 g/mol. The quantitative estimate of drug-likeness (QED) is 0.325. The fraction of sp³-hybridized carbons (Fsp3) is 0.414. The van der Waals surface area contributed by atoms with Crippen molar-refractivity contribution in [3.63, 3.8) is 0 Å². The Kier molecular flexibility index (Phi) is 7.87. The molecule has 4 rings (SSSR count). The number of aryl methyl sites for hydroxylation is 2. The maximum atomic E-state index is 14.5. The molecule has 1 fully saturated rings. The molecule has 4 heteroatoms. The second-order valence-electron chi connectivity index (χ2n) is 9.02. The van der Waals surface area contributed by atoms with Crippen LogP contribution in [0.1, 0.15) is 80.4 Å². The topological polar surface area (TPSA) is 22.1 Å². The number of hydrogen-bond acceptors (Lipinski definition) is 2. The summed E-state index contributed by atoms with van der Waals surface area (Å²) >= 11 is 0. The van der Waals surface area contributed by atoms with Crippen molar-refractivity contribution in [1.29, 1.82) is 0 Å². The van der Waals surface area contributed by atoms with Crippen molar-refractivity contribution in [3.05, 3.63) is 88.7 Å². The van der Waals surface area contributed by atoms with E-state index in [1.807, 2.05) is 13.0 Å². The van der Waals surface area contributed by atoms with E-state index in [0.29, 0.717) is 30.1 Å². The lowest BCUT2D eigenvalue weighted by atomic mass is 9.89. The van der Waals surface area contributed by atoms with Crippen molar-refractivity contribution >= 4 is 0 Å². The standard InChI is InChI=1S/C29H33F2NO/c1-3-5-6-7-20-8-10-22(11-9-20)24-14-17-27(33-19-24)26-16-13-23(18-32-26)25-15-12-21(4-2)28(30)29(25)31/h8-13,15-16,18,24,27H,3-7,14,17,19H2,1-2H3. The molecule has 2 unspecified atom stereocenters. The molecule has 2 nitrogen and oxygen atoms in total. The van der Waals surface area contributed by atoms with Crippen LogP contribution in [0.3, 0.4) is 0 Å². The highest BCUT2D eigenvalue weighted by molar-refractivity contribution is 5.64. The average Bonchev–Trinajstić information content (AvgIpc) is 2.87. The maximum Gasteiger partial charge on any atom is 0.166 e. The van der Waals surface area contributed by atoms with Crippen molar-refractivity contribution in [3.8, 4) is 11.1 Å². The van der Waals surface area contributed by atoms with E-state index < -0.39 is 11.6 Å². The molecule has 1 aliphatic heterocycles. The molecule has 2 heterocycles. The van der Waals surface area contributed by atoms with Gasteiger partial charge in [-0.2, -0.15) is 0 Å². The zero-order valence-electron chi connectivity index (χ0n) is 19.6. The molecule has 0 spiro atoms. The molecule has 0 N–H and O–H groups in total. The summed E-state index contributed by atoms with van der Waals surface area (Å²) in [6.45, 7) is 4.71. The fourth-order valence-corrected chi connectivity index (χ4v) is 4.62. The second-order valence-corrected chi connectivity index (χ2v) is 9.02.